The monoisotopic (exact) mass is 887 g/mol. The first-order valence-electron chi connectivity index (χ1n) is 24.3. The van der Waals surface area contributed by atoms with Crippen molar-refractivity contribution >= 4 is 43.4 Å². The summed E-state index contributed by atoms with van der Waals surface area (Å²) in [5.74, 6) is 0. The second-order valence-electron chi connectivity index (χ2n) is 18.7. The standard InChI is InChI=1S/C69H45N/c1-5-19-46(20-6-1)47-33-35-48(36-34-47)50-38-42-66-62(43-50)57-27-17-18-32-65(57)70(66)54-39-41-56-55-40-37-51(44-63(55)69(64(56)45-54,52-23-9-3-10-24-52)53-25-11-4-12-26-53)68-60-30-15-13-28-58(60)67(49-21-7-2-8-22-49)59-29-14-16-31-61(59)68/h1-45H. The molecule has 0 N–H and O–H groups in total. The van der Waals surface area contributed by atoms with Gasteiger partial charge in [-0.05, 0) is 136 Å². The Morgan fingerprint density at radius 2 is 0.643 bits per heavy atom. The van der Waals surface area contributed by atoms with Crippen LogP contribution in [0.3, 0.4) is 0 Å². The number of nitrogens with zero attached hydrogens (tertiary/aromatic N) is 1. The predicted molar refractivity (Wildman–Crippen MR) is 295 cm³/mol. The van der Waals surface area contributed by atoms with E-state index in [1.54, 1.807) is 0 Å². The molecule has 1 aromatic heterocycles. The molecule has 0 aliphatic heterocycles. The molecule has 0 bridgehead atoms. The molecule has 0 amide bonds. The second kappa shape index (κ2) is 16.0. The average Bonchev–Trinajstić information content (AvgIpc) is 3.93. The first kappa shape index (κ1) is 40.1. The Morgan fingerprint density at radius 3 is 1.23 bits per heavy atom. The zero-order valence-electron chi connectivity index (χ0n) is 38.4. The van der Waals surface area contributed by atoms with Gasteiger partial charge in [0.1, 0.15) is 0 Å². The van der Waals surface area contributed by atoms with Crippen LogP contribution in [0.2, 0.25) is 0 Å². The summed E-state index contributed by atoms with van der Waals surface area (Å²) in [7, 11) is 0. The normalized spacial score (nSPS) is 12.7. The lowest BCUT2D eigenvalue weighted by Gasteiger charge is -2.34. The van der Waals surface area contributed by atoms with Gasteiger partial charge in [-0.3, -0.25) is 0 Å². The second-order valence-corrected chi connectivity index (χ2v) is 18.7. The van der Waals surface area contributed by atoms with Crippen molar-refractivity contribution in [2.75, 3.05) is 0 Å². The summed E-state index contributed by atoms with van der Waals surface area (Å²) < 4.78 is 2.48. The van der Waals surface area contributed by atoms with Gasteiger partial charge in [0.15, 0.2) is 0 Å². The van der Waals surface area contributed by atoms with Gasteiger partial charge in [0.25, 0.3) is 0 Å². The highest BCUT2D eigenvalue weighted by atomic mass is 15.0. The summed E-state index contributed by atoms with van der Waals surface area (Å²) in [4.78, 5) is 0. The predicted octanol–water partition coefficient (Wildman–Crippen LogP) is 18.1. The molecule has 0 unspecified atom stereocenters. The van der Waals surface area contributed by atoms with Crippen LogP contribution >= 0.6 is 0 Å². The van der Waals surface area contributed by atoms with Gasteiger partial charge in [-0.2, -0.15) is 0 Å². The molecule has 0 saturated heterocycles. The van der Waals surface area contributed by atoms with E-state index in [2.05, 4.69) is 278 Å². The molecule has 0 spiro atoms. The number of benzene rings is 12. The van der Waals surface area contributed by atoms with E-state index in [0.717, 1.165) is 5.69 Å². The summed E-state index contributed by atoms with van der Waals surface area (Å²) in [5.41, 5.74) is 20.3. The Labute approximate surface area is 407 Å². The van der Waals surface area contributed by atoms with Gasteiger partial charge >= 0.3 is 0 Å². The summed E-state index contributed by atoms with van der Waals surface area (Å²) in [5, 5.41) is 7.50. The van der Waals surface area contributed by atoms with E-state index in [0.29, 0.717) is 0 Å². The lowest BCUT2D eigenvalue weighted by atomic mass is 9.67. The largest absolute Gasteiger partial charge is 0.309 e. The summed E-state index contributed by atoms with van der Waals surface area (Å²) in [6.07, 6.45) is 0. The van der Waals surface area contributed by atoms with E-state index < -0.39 is 5.41 Å². The number of hydrogen-bond acceptors (Lipinski definition) is 0. The van der Waals surface area contributed by atoms with Gasteiger partial charge in [-0.25, -0.2) is 0 Å². The van der Waals surface area contributed by atoms with E-state index in [1.807, 2.05) is 0 Å². The minimum Gasteiger partial charge on any atom is -0.309 e. The van der Waals surface area contributed by atoms with Crippen molar-refractivity contribution in [1.82, 2.24) is 4.57 Å². The van der Waals surface area contributed by atoms with Crippen LogP contribution in [0, 0.1) is 0 Å². The van der Waals surface area contributed by atoms with Crippen LogP contribution < -0.4 is 0 Å². The van der Waals surface area contributed by atoms with E-state index in [1.165, 1.54) is 121 Å². The molecule has 1 aliphatic carbocycles. The molecule has 1 nitrogen and oxygen atoms in total. The minimum atomic E-state index is -0.618. The number of hydrogen-bond donors (Lipinski definition) is 0. The smallest absolute Gasteiger partial charge is 0.0714 e. The lowest BCUT2D eigenvalue weighted by molar-refractivity contribution is 0.768. The van der Waals surface area contributed by atoms with E-state index >= 15 is 0 Å². The fourth-order valence-electron chi connectivity index (χ4n) is 12.0. The molecule has 1 heteroatoms. The maximum absolute atomic E-state index is 2.53. The molecule has 70 heavy (non-hydrogen) atoms. The SMILES string of the molecule is c1ccc(-c2ccc(-c3ccc4c(c3)c3ccccc3n4-c3ccc4c(c3)C(c3ccccc3)(c3ccccc3)c3cc(-c5c6ccccc6c(-c6ccccc6)c6ccccc56)ccc3-4)cc2)cc1. The molecule has 0 fully saturated rings. The maximum Gasteiger partial charge on any atom is 0.0714 e. The van der Waals surface area contributed by atoms with Crippen molar-refractivity contribution in [3.8, 4) is 61.3 Å². The third kappa shape index (κ3) is 6.05. The van der Waals surface area contributed by atoms with E-state index in [9.17, 15) is 0 Å². The molecule has 12 aromatic carbocycles. The van der Waals surface area contributed by atoms with Gasteiger partial charge < -0.3 is 4.57 Å². The Bertz CT molecular complexity index is 4030. The number of para-hydroxylation sites is 1. The summed E-state index contributed by atoms with van der Waals surface area (Å²) in [6, 6.07) is 101. The molecule has 326 valence electrons. The van der Waals surface area contributed by atoms with E-state index in [4.69, 9.17) is 0 Å². The summed E-state index contributed by atoms with van der Waals surface area (Å²) in [6.45, 7) is 0. The van der Waals surface area contributed by atoms with Crippen molar-refractivity contribution in [3.63, 3.8) is 0 Å². The molecule has 0 saturated carbocycles. The number of fused-ring (bicyclic) bond motifs is 8. The zero-order chi connectivity index (χ0) is 46.2. The first-order chi connectivity index (χ1) is 34.7. The highest BCUT2D eigenvalue weighted by molar-refractivity contribution is 6.21. The van der Waals surface area contributed by atoms with Crippen LogP contribution in [0.15, 0.2) is 273 Å². The van der Waals surface area contributed by atoms with Crippen molar-refractivity contribution in [2.24, 2.45) is 0 Å². The van der Waals surface area contributed by atoms with Crippen molar-refractivity contribution in [1.29, 1.82) is 0 Å². The van der Waals surface area contributed by atoms with Crippen molar-refractivity contribution in [2.45, 2.75) is 5.41 Å². The Kier molecular flexibility index (Phi) is 9.19. The fraction of sp³-hybridized carbons (Fsp3) is 0.0145. The molecule has 0 atom stereocenters. The van der Waals surface area contributed by atoms with Crippen molar-refractivity contribution in [3.05, 3.63) is 295 Å². The quantitative estimate of drug-likeness (QED) is 0.141. The third-order valence-electron chi connectivity index (χ3n) is 15.1. The third-order valence-corrected chi connectivity index (χ3v) is 15.1. The van der Waals surface area contributed by atoms with Crippen LogP contribution in [0.25, 0.3) is 105 Å². The Balaban J connectivity index is 0.989. The van der Waals surface area contributed by atoms with Crippen LogP contribution in [0.5, 0.6) is 0 Å². The highest BCUT2D eigenvalue weighted by Gasteiger charge is 2.46. The van der Waals surface area contributed by atoms with Gasteiger partial charge in [0, 0.05) is 16.5 Å². The molecular weight excluding hydrogens is 843 g/mol. The van der Waals surface area contributed by atoms with Gasteiger partial charge in [0.05, 0.1) is 16.4 Å². The molecule has 13 aromatic rings. The van der Waals surface area contributed by atoms with E-state index in [-0.39, 0.29) is 0 Å². The molecule has 0 radical (unpaired) electrons. The average molecular weight is 888 g/mol. The molecular formula is C69H45N. The summed E-state index contributed by atoms with van der Waals surface area (Å²) >= 11 is 0. The Morgan fingerprint density at radius 1 is 0.243 bits per heavy atom. The topological polar surface area (TPSA) is 4.93 Å². The van der Waals surface area contributed by atoms with Gasteiger partial charge in [0.2, 0.25) is 0 Å². The molecule has 14 rings (SSSR count). The number of rotatable bonds is 7. The molecule has 1 heterocycles. The highest BCUT2D eigenvalue weighted by Crippen LogP contribution is 2.58. The zero-order valence-corrected chi connectivity index (χ0v) is 38.4. The van der Waals surface area contributed by atoms with Crippen molar-refractivity contribution < 1.29 is 0 Å². The Hall–Kier alpha value is -9.04. The van der Waals surface area contributed by atoms with Crippen LogP contribution in [-0.4, -0.2) is 4.57 Å². The first-order valence-corrected chi connectivity index (χ1v) is 24.3. The number of aromatic nitrogens is 1. The maximum atomic E-state index is 2.53. The van der Waals surface area contributed by atoms with Crippen LogP contribution in [-0.2, 0) is 5.41 Å². The van der Waals surface area contributed by atoms with Crippen LogP contribution in [0.4, 0.5) is 0 Å². The lowest BCUT2D eigenvalue weighted by Crippen LogP contribution is -2.28. The minimum absolute atomic E-state index is 0.618. The fourth-order valence-corrected chi connectivity index (χ4v) is 12.0. The van der Waals surface area contributed by atoms with Gasteiger partial charge in [-0.1, -0.05) is 237 Å². The van der Waals surface area contributed by atoms with Gasteiger partial charge in [-0.15, -0.1) is 0 Å². The van der Waals surface area contributed by atoms with Crippen LogP contribution in [0.1, 0.15) is 22.3 Å². The molecule has 1 aliphatic rings.